The molecule has 1 unspecified atom stereocenters. The normalized spacial score (nSPS) is 18.5. The van der Waals surface area contributed by atoms with Gasteiger partial charge in [0.2, 0.25) is 10.0 Å². The molecule has 144 valence electrons. The lowest BCUT2D eigenvalue weighted by Gasteiger charge is -2.39. The third-order valence-electron chi connectivity index (χ3n) is 4.46. The predicted octanol–water partition coefficient (Wildman–Crippen LogP) is 3.80. The molecule has 1 fully saturated rings. The first kappa shape index (κ1) is 19.9. The van der Waals surface area contributed by atoms with Crippen molar-refractivity contribution in [3.8, 4) is 0 Å². The lowest BCUT2D eigenvalue weighted by Crippen LogP contribution is -2.54. The molecule has 1 aliphatic rings. The van der Waals surface area contributed by atoms with Crippen molar-refractivity contribution in [2.45, 2.75) is 17.9 Å². The van der Waals surface area contributed by atoms with Gasteiger partial charge in [0.05, 0.1) is 9.82 Å². The van der Waals surface area contributed by atoms with Crippen LogP contribution in [0.5, 0.6) is 0 Å². The van der Waals surface area contributed by atoms with E-state index in [2.05, 4.69) is 0 Å². The number of nitro benzene ring substituents is 1. The summed E-state index contributed by atoms with van der Waals surface area (Å²) in [5.74, 6) is 0. The number of hydrogen-bond acceptors (Lipinski definition) is 5. The van der Waals surface area contributed by atoms with E-state index in [4.69, 9.17) is 23.2 Å². The molecule has 1 aliphatic heterocycles. The molecular formula is C17H17Cl2N3O4S. The molecule has 0 spiro atoms. The van der Waals surface area contributed by atoms with Gasteiger partial charge in [-0.05, 0) is 43.3 Å². The van der Waals surface area contributed by atoms with E-state index in [9.17, 15) is 18.5 Å². The molecule has 2 aromatic carbocycles. The lowest BCUT2D eigenvalue weighted by molar-refractivity contribution is -0.384. The van der Waals surface area contributed by atoms with Crippen LogP contribution in [-0.4, -0.2) is 43.3 Å². The van der Waals surface area contributed by atoms with Crippen LogP contribution in [0.25, 0.3) is 0 Å². The summed E-state index contributed by atoms with van der Waals surface area (Å²) < 4.78 is 27.2. The van der Waals surface area contributed by atoms with E-state index in [0.29, 0.717) is 23.8 Å². The van der Waals surface area contributed by atoms with E-state index in [-0.39, 0.29) is 28.2 Å². The molecule has 1 saturated heterocycles. The molecule has 3 rings (SSSR count). The Morgan fingerprint density at radius 3 is 2.30 bits per heavy atom. The monoisotopic (exact) mass is 429 g/mol. The van der Waals surface area contributed by atoms with E-state index in [1.54, 1.807) is 19.1 Å². The van der Waals surface area contributed by atoms with Crippen molar-refractivity contribution in [3.63, 3.8) is 0 Å². The average Bonchev–Trinajstić information content (AvgIpc) is 2.61. The number of sulfonamides is 1. The second kappa shape index (κ2) is 7.63. The Kier molecular flexibility index (Phi) is 5.62. The van der Waals surface area contributed by atoms with Gasteiger partial charge in [-0.2, -0.15) is 4.31 Å². The summed E-state index contributed by atoms with van der Waals surface area (Å²) in [6.45, 7) is 2.65. The summed E-state index contributed by atoms with van der Waals surface area (Å²) in [4.78, 5) is 12.8. The van der Waals surface area contributed by atoms with Crippen LogP contribution < -0.4 is 4.90 Å². The van der Waals surface area contributed by atoms with Crippen LogP contribution in [0.15, 0.2) is 47.4 Å². The average molecular weight is 430 g/mol. The molecule has 0 radical (unpaired) electrons. The number of anilines is 1. The minimum atomic E-state index is -3.67. The SMILES string of the molecule is CC1CN(c2ccc(Cl)cc2[N+](=O)[O-])CCN1S(=O)(=O)c1ccc(Cl)cc1. The van der Waals surface area contributed by atoms with Crippen LogP contribution in [0.3, 0.4) is 0 Å². The zero-order valence-electron chi connectivity index (χ0n) is 14.4. The van der Waals surface area contributed by atoms with Gasteiger partial charge in [0.25, 0.3) is 5.69 Å². The number of hydrogen-bond donors (Lipinski definition) is 0. The van der Waals surface area contributed by atoms with Gasteiger partial charge in [0, 0.05) is 41.8 Å². The molecule has 0 bridgehead atoms. The van der Waals surface area contributed by atoms with Gasteiger partial charge >= 0.3 is 0 Å². The minimum Gasteiger partial charge on any atom is -0.363 e. The molecule has 10 heteroatoms. The van der Waals surface area contributed by atoms with Crippen molar-refractivity contribution < 1.29 is 13.3 Å². The fourth-order valence-electron chi connectivity index (χ4n) is 3.17. The largest absolute Gasteiger partial charge is 0.363 e. The third kappa shape index (κ3) is 4.03. The summed E-state index contributed by atoms with van der Waals surface area (Å²) >= 11 is 11.7. The first-order chi connectivity index (χ1) is 12.7. The van der Waals surface area contributed by atoms with Crippen LogP contribution in [0, 0.1) is 10.1 Å². The Balaban J connectivity index is 1.84. The molecule has 27 heavy (non-hydrogen) atoms. The lowest BCUT2D eigenvalue weighted by atomic mass is 10.2. The van der Waals surface area contributed by atoms with E-state index >= 15 is 0 Å². The van der Waals surface area contributed by atoms with E-state index in [1.807, 2.05) is 4.90 Å². The van der Waals surface area contributed by atoms with Gasteiger partial charge in [0.15, 0.2) is 0 Å². The second-order valence-electron chi connectivity index (χ2n) is 6.25. The molecular weight excluding hydrogens is 413 g/mol. The minimum absolute atomic E-state index is 0.0938. The molecule has 2 aromatic rings. The van der Waals surface area contributed by atoms with Gasteiger partial charge in [-0.1, -0.05) is 23.2 Å². The Bertz CT molecular complexity index is 967. The second-order valence-corrected chi connectivity index (χ2v) is 9.02. The Morgan fingerprint density at radius 2 is 1.70 bits per heavy atom. The highest BCUT2D eigenvalue weighted by Crippen LogP contribution is 2.33. The summed E-state index contributed by atoms with van der Waals surface area (Å²) in [5.41, 5.74) is 0.337. The van der Waals surface area contributed by atoms with Crippen molar-refractivity contribution in [2.75, 3.05) is 24.5 Å². The van der Waals surface area contributed by atoms with Crippen molar-refractivity contribution in [1.82, 2.24) is 4.31 Å². The first-order valence-electron chi connectivity index (χ1n) is 8.16. The number of piperazine rings is 1. The van der Waals surface area contributed by atoms with Gasteiger partial charge in [-0.25, -0.2) is 8.42 Å². The fraction of sp³-hybridized carbons (Fsp3) is 0.294. The summed E-state index contributed by atoms with van der Waals surface area (Å²) in [6, 6.07) is 10.1. The molecule has 0 aliphatic carbocycles. The van der Waals surface area contributed by atoms with Crippen molar-refractivity contribution in [2.24, 2.45) is 0 Å². The quantitative estimate of drug-likeness (QED) is 0.544. The standard InChI is InChI=1S/C17H17Cl2N3O4S/c1-12-11-20(16-7-4-14(19)10-17(16)22(23)24)8-9-21(12)27(25,26)15-5-2-13(18)3-6-15/h2-7,10,12H,8-9,11H2,1H3. The number of benzene rings is 2. The van der Waals surface area contributed by atoms with E-state index in [1.165, 1.54) is 34.6 Å². The number of nitro groups is 1. The van der Waals surface area contributed by atoms with Gasteiger partial charge in [-0.15, -0.1) is 0 Å². The topological polar surface area (TPSA) is 83.8 Å². The van der Waals surface area contributed by atoms with Gasteiger partial charge in [0.1, 0.15) is 5.69 Å². The number of halogens is 2. The predicted molar refractivity (Wildman–Crippen MR) is 105 cm³/mol. The van der Waals surface area contributed by atoms with Crippen LogP contribution in [0.4, 0.5) is 11.4 Å². The Hall–Kier alpha value is -1.87. The van der Waals surface area contributed by atoms with Gasteiger partial charge in [-0.3, -0.25) is 10.1 Å². The molecule has 0 aromatic heterocycles. The van der Waals surface area contributed by atoms with E-state index < -0.39 is 14.9 Å². The van der Waals surface area contributed by atoms with Crippen molar-refractivity contribution in [1.29, 1.82) is 0 Å². The zero-order chi connectivity index (χ0) is 19.8. The smallest absolute Gasteiger partial charge is 0.294 e. The highest BCUT2D eigenvalue weighted by molar-refractivity contribution is 7.89. The molecule has 1 heterocycles. The fourth-order valence-corrected chi connectivity index (χ4v) is 5.07. The first-order valence-corrected chi connectivity index (χ1v) is 10.4. The maximum atomic E-state index is 12.9. The molecule has 0 amide bonds. The van der Waals surface area contributed by atoms with Gasteiger partial charge < -0.3 is 4.90 Å². The Labute approximate surface area is 167 Å². The number of nitrogens with zero attached hydrogens (tertiary/aromatic N) is 3. The van der Waals surface area contributed by atoms with Crippen molar-refractivity contribution in [3.05, 3.63) is 62.6 Å². The Morgan fingerprint density at radius 1 is 1.07 bits per heavy atom. The number of rotatable bonds is 4. The van der Waals surface area contributed by atoms with Crippen LogP contribution in [0.2, 0.25) is 10.0 Å². The van der Waals surface area contributed by atoms with Crippen LogP contribution in [0.1, 0.15) is 6.92 Å². The summed E-state index contributed by atoms with van der Waals surface area (Å²) in [7, 11) is -3.67. The summed E-state index contributed by atoms with van der Waals surface area (Å²) in [5, 5.41) is 12.1. The molecule has 0 saturated carbocycles. The summed E-state index contributed by atoms with van der Waals surface area (Å²) in [6.07, 6.45) is 0. The van der Waals surface area contributed by atoms with E-state index in [0.717, 1.165) is 0 Å². The maximum Gasteiger partial charge on any atom is 0.294 e. The maximum absolute atomic E-state index is 12.9. The highest BCUT2D eigenvalue weighted by atomic mass is 35.5. The molecule has 7 nitrogen and oxygen atoms in total. The van der Waals surface area contributed by atoms with Crippen molar-refractivity contribution >= 4 is 44.6 Å². The molecule has 0 N–H and O–H groups in total. The third-order valence-corrected chi connectivity index (χ3v) is 6.98. The molecule has 1 atom stereocenters. The van der Waals surface area contributed by atoms with Crippen LogP contribution in [-0.2, 0) is 10.0 Å². The zero-order valence-corrected chi connectivity index (χ0v) is 16.7. The van der Waals surface area contributed by atoms with Crippen LogP contribution >= 0.6 is 23.2 Å². The highest BCUT2D eigenvalue weighted by Gasteiger charge is 2.35.